The van der Waals surface area contributed by atoms with Crippen molar-refractivity contribution in [3.63, 3.8) is 0 Å². The SMILES string of the molecule is C[C@@H]1C[C@@H](C)CN(Cc2nc3c(cnn3C)c(=O)[nH]2)C1. The van der Waals surface area contributed by atoms with Crippen LogP contribution in [0.25, 0.3) is 11.0 Å². The largest absolute Gasteiger partial charge is 0.309 e. The Morgan fingerprint density at radius 3 is 2.75 bits per heavy atom. The number of aromatic nitrogens is 4. The van der Waals surface area contributed by atoms with Gasteiger partial charge >= 0.3 is 0 Å². The molecule has 0 unspecified atom stereocenters. The molecule has 2 atom stereocenters. The Kier molecular flexibility index (Phi) is 3.33. The molecule has 3 heterocycles. The van der Waals surface area contributed by atoms with E-state index in [-0.39, 0.29) is 5.56 Å². The Labute approximate surface area is 117 Å². The van der Waals surface area contributed by atoms with Crippen LogP contribution < -0.4 is 5.56 Å². The number of rotatable bonds is 2. The molecule has 2 aromatic heterocycles. The summed E-state index contributed by atoms with van der Waals surface area (Å²) >= 11 is 0. The number of fused-ring (bicyclic) bond motifs is 1. The minimum Gasteiger partial charge on any atom is -0.309 e. The molecule has 0 amide bonds. The Hall–Kier alpha value is -1.69. The second-order valence-electron chi connectivity index (χ2n) is 6.16. The molecule has 1 aliphatic rings. The molecule has 1 aliphatic heterocycles. The molecule has 1 fully saturated rings. The lowest BCUT2D eigenvalue weighted by molar-refractivity contribution is 0.131. The number of H-pyrrole nitrogens is 1. The van der Waals surface area contributed by atoms with Crippen LogP contribution in [-0.4, -0.2) is 37.7 Å². The summed E-state index contributed by atoms with van der Waals surface area (Å²) in [6.45, 7) is 7.40. The zero-order valence-corrected chi connectivity index (χ0v) is 12.3. The third-order valence-electron chi connectivity index (χ3n) is 3.97. The molecule has 1 N–H and O–H groups in total. The van der Waals surface area contributed by atoms with Gasteiger partial charge < -0.3 is 4.98 Å². The van der Waals surface area contributed by atoms with Crippen molar-refractivity contribution < 1.29 is 0 Å². The highest BCUT2D eigenvalue weighted by Gasteiger charge is 2.22. The molecule has 0 spiro atoms. The maximum Gasteiger partial charge on any atom is 0.262 e. The highest BCUT2D eigenvalue weighted by atomic mass is 16.1. The molecule has 2 aromatic rings. The van der Waals surface area contributed by atoms with Crippen molar-refractivity contribution in [1.82, 2.24) is 24.6 Å². The minimum absolute atomic E-state index is 0.101. The van der Waals surface area contributed by atoms with Crippen molar-refractivity contribution in [3.05, 3.63) is 22.4 Å². The third-order valence-corrected chi connectivity index (χ3v) is 3.97. The first-order valence-electron chi connectivity index (χ1n) is 7.16. The van der Waals surface area contributed by atoms with Crippen molar-refractivity contribution in [1.29, 1.82) is 0 Å². The summed E-state index contributed by atoms with van der Waals surface area (Å²) in [7, 11) is 1.81. The molecule has 0 radical (unpaired) electrons. The van der Waals surface area contributed by atoms with E-state index < -0.39 is 0 Å². The second-order valence-corrected chi connectivity index (χ2v) is 6.16. The van der Waals surface area contributed by atoms with Gasteiger partial charge in [-0.1, -0.05) is 13.8 Å². The van der Waals surface area contributed by atoms with Gasteiger partial charge in [-0.05, 0) is 18.3 Å². The van der Waals surface area contributed by atoms with E-state index in [2.05, 4.69) is 33.8 Å². The molecule has 108 valence electrons. The van der Waals surface area contributed by atoms with Crippen LogP contribution in [0, 0.1) is 11.8 Å². The lowest BCUT2D eigenvalue weighted by Gasteiger charge is -2.34. The lowest BCUT2D eigenvalue weighted by atomic mass is 9.92. The quantitative estimate of drug-likeness (QED) is 0.892. The van der Waals surface area contributed by atoms with Crippen LogP contribution >= 0.6 is 0 Å². The highest BCUT2D eigenvalue weighted by Crippen LogP contribution is 2.21. The number of hydrogen-bond acceptors (Lipinski definition) is 4. The van der Waals surface area contributed by atoms with Gasteiger partial charge in [0.2, 0.25) is 0 Å². The van der Waals surface area contributed by atoms with E-state index >= 15 is 0 Å². The first-order chi connectivity index (χ1) is 9.52. The van der Waals surface area contributed by atoms with E-state index in [4.69, 9.17) is 0 Å². The Morgan fingerprint density at radius 1 is 1.35 bits per heavy atom. The van der Waals surface area contributed by atoms with Gasteiger partial charge in [0.15, 0.2) is 5.65 Å². The first kappa shape index (κ1) is 13.3. The first-order valence-corrected chi connectivity index (χ1v) is 7.16. The lowest BCUT2D eigenvalue weighted by Crippen LogP contribution is -2.38. The second kappa shape index (κ2) is 5.01. The summed E-state index contributed by atoms with van der Waals surface area (Å²) in [5.74, 6) is 2.13. The number of piperidine rings is 1. The fourth-order valence-corrected chi connectivity index (χ4v) is 3.29. The molecule has 1 saturated heterocycles. The number of hydrogen-bond donors (Lipinski definition) is 1. The van der Waals surface area contributed by atoms with Gasteiger partial charge in [0, 0.05) is 20.1 Å². The van der Waals surface area contributed by atoms with Gasteiger partial charge in [-0.2, -0.15) is 5.10 Å². The number of aromatic amines is 1. The molecule has 0 aliphatic carbocycles. The zero-order chi connectivity index (χ0) is 14.3. The smallest absolute Gasteiger partial charge is 0.262 e. The fraction of sp³-hybridized carbons (Fsp3) is 0.643. The zero-order valence-electron chi connectivity index (χ0n) is 12.3. The third kappa shape index (κ3) is 2.47. The topological polar surface area (TPSA) is 66.8 Å². The summed E-state index contributed by atoms with van der Waals surface area (Å²) in [6.07, 6.45) is 2.84. The predicted octanol–water partition coefficient (Wildman–Crippen LogP) is 1.13. The summed E-state index contributed by atoms with van der Waals surface area (Å²) in [5.41, 5.74) is 0.554. The normalized spacial score (nSPS) is 24.4. The Balaban J connectivity index is 1.87. The highest BCUT2D eigenvalue weighted by molar-refractivity contribution is 5.72. The van der Waals surface area contributed by atoms with Crippen LogP contribution in [0.5, 0.6) is 0 Å². The average molecular weight is 275 g/mol. The average Bonchev–Trinajstić information content (AvgIpc) is 2.70. The number of nitrogens with zero attached hydrogens (tertiary/aromatic N) is 4. The molecule has 6 nitrogen and oxygen atoms in total. The number of likely N-dealkylation sites (tertiary alicyclic amines) is 1. The molecule has 20 heavy (non-hydrogen) atoms. The van der Waals surface area contributed by atoms with E-state index in [1.54, 1.807) is 10.9 Å². The predicted molar refractivity (Wildman–Crippen MR) is 77.4 cm³/mol. The van der Waals surface area contributed by atoms with E-state index in [1.165, 1.54) is 6.42 Å². The standard InChI is InChI=1S/C14H21N5O/c1-9-4-10(2)7-19(6-9)8-12-16-13-11(14(20)17-12)5-15-18(13)3/h5,9-10H,4,6-8H2,1-3H3,(H,16,17,20)/t9-,10-/m1/s1. The van der Waals surface area contributed by atoms with Crippen LogP contribution in [0.15, 0.2) is 11.0 Å². The maximum absolute atomic E-state index is 12.0. The van der Waals surface area contributed by atoms with E-state index in [1.807, 2.05) is 7.05 Å². The number of nitrogens with one attached hydrogen (secondary N) is 1. The maximum atomic E-state index is 12.0. The summed E-state index contributed by atoms with van der Waals surface area (Å²) in [6, 6.07) is 0. The summed E-state index contributed by atoms with van der Waals surface area (Å²) in [4.78, 5) is 21.8. The van der Waals surface area contributed by atoms with Crippen LogP contribution in [0.1, 0.15) is 26.1 Å². The van der Waals surface area contributed by atoms with E-state index in [9.17, 15) is 4.79 Å². The van der Waals surface area contributed by atoms with Crippen LogP contribution in [0.2, 0.25) is 0 Å². The summed E-state index contributed by atoms with van der Waals surface area (Å²) < 4.78 is 1.65. The molecule has 0 aromatic carbocycles. The summed E-state index contributed by atoms with van der Waals surface area (Å²) in [5, 5.41) is 4.64. The van der Waals surface area contributed by atoms with Gasteiger partial charge in [-0.3, -0.25) is 14.4 Å². The van der Waals surface area contributed by atoms with Gasteiger partial charge in [-0.15, -0.1) is 0 Å². The van der Waals surface area contributed by atoms with Crippen molar-refractivity contribution in [2.45, 2.75) is 26.8 Å². The van der Waals surface area contributed by atoms with E-state index in [0.29, 0.717) is 29.4 Å². The molecular formula is C14H21N5O. The Bertz CT molecular complexity index is 664. The number of aryl methyl sites for hydroxylation is 1. The molecule has 6 heteroatoms. The van der Waals surface area contributed by atoms with Crippen molar-refractivity contribution in [3.8, 4) is 0 Å². The van der Waals surface area contributed by atoms with Crippen LogP contribution in [0.3, 0.4) is 0 Å². The molecule has 0 saturated carbocycles. The molecule has 0 bridgehead atoms. The Morgan fingerprint density at radius 2 is 2.05 bits per heavy atom. The van der Waals surface area contributed by atoms with Gasteiger partial charge in [-0.25, -0.2) is 4.98 Å². The van der Waals surface area contributed by atoms with Crippen molar-refractivity contribution >= 4 is 11.0 Å². The van der Waals surface area contributed by atoms with Crippen LogP contribution in [0.4, 0.5) is 0 Å². The van der Waals surface area contributed by atoms with Crippen molar-refractivity contribution in [2.75, 3.05) is 13.1 Å². The monoisotopic (exact) mass is 275 g/mol. The molecular weight excluding hydrogens is 254 g/mol. The van der Waals surface area contributed by atoms with Gasteiger partial charge in [0.05, 0.1) is 12.7 Å². The van der Waals surface area contributed by atoms with Crippen molar-refractivity contribution in [2.24, 2.45) is 18.9 Å². The van der Waals surface area contributed by atoms with Gasteiger partial charge in [0.1, 0.15) is 11.2 Å². The van der Waals surface area contributed by atoms with Gasteiger partial charge in [0.25, 0.3) is 5.56 Å². The minimum atomic E-state index is -0.101. The fourth-order valence-electron chi connectivity index (χ4n) is 3.29. The van der Waals surface area contributed by atoms with Crippen LogP contribution in [-0.2, 0) is 13.6 Å². The van der Waals surface area contributed by atoms with E-state index in [0.717, 1.165) is 18.9 Å². The molecule has 3 rings (SSSR count).